The Morgan fingerprint density at radius 2 is 1.39 bits per heavy atom. The Morgan fingerprint density at radius 1 is 0.903 bits per heavy atom. The van der Waals surface area contributed by atoms with Crippen molar-refractivity contribution in [1.29, 1.82) is 0 Å². The molecule has 11 nitrogen and oxygen atoms in total. The molecule has 0 bridgehead atoms. The van der Waals surface area contributed by atoms with E-state index >= 15 is 0 Å². The number of carbonyl (C=O) groups is 1. The summed E-state index contributed by atoms with van der Waals surface area (Å²) in [7, 11) is 1.60. The number of aromatic nitrogens is 6. The van der Waals surface area contributed by atoms with Gasteiger partial charge in [0.15, 0.2) is 11.4 Å². The van der Waals surface area contributed by atoms with Gasteiger partial charge in [0.25, 0.3) is 5.69 Å². The van der Waals surface area contributed by atoms with Gasteiger partial charge in [-0.05, 0) is 23.3 Å². The summed E-state index contributed by atoms with van der Waals surface area (Å²) >= 11 is 0. The third-order valence-electron chi connectivity index (χ3n) is 4.54. The topological polar surface area (TPSA) is 131 Å². The van der Waals surface area contributed by atoms with Crippen molar-refractivity contribution in [3.05, 3.63) is 93.6 Å². The van der Waals surface area contributed by atoms with Crippen LogP contribution in [0.5, 0.6) is 5.75 Å². The number of benzene rings is 2. The van der Waals surface area contributed by atoms with Gasteiger partial charge in [0.05, 0.1) is 37.5 Å². The van der Waals surface area contributed by atoms with Crippen LogP contribution >= 0.6 is 0 Å². The molecule has 11 heteroatoms. The van der Waals surface area contributed by atoms with Gasteiger partial charge < -0.3 is 4.74 Å². The van der Waals surface area contributed by atoms with Crippen LogP contribution in [0.25, 0.3) is 0 Å². The Bertz CT molecular complexity index is 1210. The predicted octanol–water partition coefficient (Wildman–Crippen LogP) is 2.11. The van der Waals surface area contributed by atoms with E-state index in [1.165, 1.54) is 23.0 Å². The number of nitro groups is 1. The third-order valence-corrected chi connectivity index (χ3v) is 4.54. The van der Waals surface area contributed by atoms with Crippen molar-refractivity contribution in [2.45, 2.75) is 13.1 Å². The minimum Gasteiger partial charge on any atom is -0.497 e. The highest BCUT2D eigenvalue weighted by Crippen LogP contribution is 2.14. The van der Waals surface area contributed by atoms with Crippen molar-refractivity contribution >= 4 is 11.5 Å². The molecular weight excluding hydrogens is 402 g/mol. The first-order chi connectivity index (χ1) is 15.0. The molecule has 2 aromatic heterocycles. The van der Waals surface area contributed by atoms with E-state index in [1.807, 2.05) is 24.3 Å². The minimum atomic E-state index is -0.460. The van der Waals surface area contributed by atoms with Gasteiger partial charge in [0, 0.05) is 12.1 Å². The smallest absolute Gasteiger partial charge is 0.269 e. The molecule has 0 aliphatic rings. The molecule has 0 saturated carbocycles. The minimum absolute atomic E-state index is 0.0101. The highest BCUT2D eigenvalue weighted by Gasteiger charge is 2.17. The molecular formula is C20H17N7O4. The van der Waals surface area contributed by atoms with Crippen LogP contribution in [0.1, 0.15) is 27.3 Å². The average Bonchev–Trinajstić information content (AvgIpc) is 3.44. The van der Waals surface area contributed by atoms with E-state index in [9.17, 15) is 14.9 Å². The van der Waals surface area contributed by atoms with Gasteiger partial charge >= 0.3 is 0 Å². The Labute approximate surface area is 176 Å². The standard InChI is InChI=1S/C20H17N7O4/c1-31-17-8-4-15(5-9-17)11-26-13-19(22-24-26)20(28)18-12-25(23-21-18)10-14-2-6-16(7-3-14)27(29)30/h2-9,12-13H,10-11H2,1H3. The van der Waals surface area contributed by atoms with Crippen molar-refractivity contribution in [2.75, 3.05) is 7.11 Å². The zero-order chi connectivity index (χ0) is 21.8. The number of carbonyl (C=O) groups excluding carboxylic acids is 1. The van der Waals surface area contributed by atoms with Crippen LogP contribution in [0.15, 0.2) is 60.9 Å². The molecule has 2 heterocycles. The third kappa shape index (κ3) is 4.61. The maximum atomic E-state index is 12.7. The first-order valence-electron chi connectivity index (χ1n) is 9.23. The zero-order valence-electron chi connectivity index (χ0n) is 16.5. The number of nitro benzene ring substituents is 1. The Morgan fingerprint density at radius 3 is 1.84 bits per heavy atom. The summed E-state index contributed by atoms with van der Waals surface area (Å²) in [5, 5.41) is 26.5. The lowest BCUT2D eigenvalue weighted by molar-refractivity contribution is -0.384. The molecule has 0 aliphatic heterocycles. The van der Waals surface area contributed by atoms with Gasteiger partial charge in [-0.25, -0.2) is 9.36 Å². The van der Waals surface area contributed by atoms with Gasteiger partial charge in [-0.15, -0.1) is 10.2 Å². The quantitative estimate of drug-likeness (QED) is 0.241. The van der Waals surface area contributed by atoms with Crippen molar-refractivity contribution in [1.82, 2.24) is 30.0 Å². The van der Waals surface area contributed by atoms with Gasteiger partial charge in [-0.3, -0.25) is 14.9 Å². The number of ketones is 1. The van der Waals surface area contributed by atoms with Gasteiger partial charge in [-0.2, -0.15) is 0 Å². The number of rotatable bonds is 8. The zero-order valence-corrected chi connectivity index (χ0v) is 16.5. The first kappa shape index (κ1) is 19.9. The molecule has 0 N–H and O–H groups in total. The van der Waals surface area contributed by atoms with Crippen LogP contribution in [-0.4, -0.2) is 47.8 Å². The maximum absolute atomic E-state index is 12.7. The summed E-state index contributed by atoms with van der Waals surface area (Å²) in [5.74, 6) is 0.367. The molecule has 156 valence electrons. The lowest BCUT2D eigenvalue weighted by Gasteiger charge is -2.02. The van der Waals surface area contributed by atoms with E-state index < -0.39 is 10.7 Å². The van der Waals surface area contributed by atoms with E-state index in [1.54, 1.807) is 30.1 Å². The SMILES string of the molecule is COc1ccc(Cn2cc(C(=O)c3cn(Cc4ccc([N+](=O)[O-])cc4)nn3)nn2)cc1. The maximum Gasteiger partial charge on any atom is 0.269 e. The fraction of sp³-hybridized carbons (Fsp3) is 0.150. The fourth-order valence-corrected chi connectivity index (χ4v) is 2.92. The van der Waals surface area contributed by atoms with Gasteiger partial charge in [0.2, 0.25) is 5.78 Å². The molecule has 2 aromatic carbocycles. The fourth-order valence-electron chi connectivity index (χ4n) is 2.92. The molecule has 0 saturated heterocycles. The summed E-state index contributed by atoms with van der Waals surface area (Å²) in [6, 6.07) is 13.6. The summed E-state index contributed by atoms with van der Waals surface area (Å²) in [6.45, 7) is 0.777. The van der Waals surface area contributed by atoms with E-state index in [0.29, 0.717) is 13.1 Å². The number of nitrogens with zero attached hydrogens (tertiary/aromatic N) is 7. The Kier molecular flexibility index (Phi) is 5.47. The van der Waals surface area contributed by atoms with Gasteiger partial charge in [0.1, 0.15) is 5.75 Å². The van der Waals surface area contributed by atoms with E-state index in [-0.39, 0.29) is 17.1 Å². The van der Waals surface area contributed by atoms with Crippen molar-refractivity contribution in [3.8, 4) is 5.75 Å². The lowest BCUT2D eigenvalue weighted by atomic mass is 10.2. The molecule has 31 heavy (non-hydrogen) atoms. The largest absolute Gasteiger partial charge is 0.497 e. The van der Waals surface area contributed by atoms with E-state index in [4.69, 9.17) is 4.74 Å². The number of ether oxygens (including phenoxy) is 1. The molecule has 0 aliphatic carbocycles. The molecule has 0 amide bonds. The van der Waals surface area contributed by atoms with Crippen LogP contribution in [0.3, 0.4) is 0 Å². The summed E-state index contributed by atoms with van der Waals surface area (Å²) in [4.78, 5) is 22.9. The van der Waals surface area contributed by atoms with Crippen LogP contribution in [0, 0.1) is 10.1 Å². The van der Waals surface area contributed by atoms with E-state index in [2.05, 4.69) is 20.6 Å². The highest BCUT2D eigenvalue weighted by molar-refractivity contribution is 6.05. The lowest BCUT2D eigenvalue weighted by Crippen LogP contribution is -2.03. The number of non-ortho nitro benzene ring substituents is 1. The molecule has 0 radical (unpaired) electrons. The van der Waals surface area contributed by atoms with Crippen LogP contribution in [0.2, 0.25) is 0 Å². The van der Waals surface area contributed by atoms with Crippen molar-refractivity contribution in [3.63, 3.8) is 0 Å². The average molecular weight is 419 g/mol. The number of methoxy groups -OCH3 is 1. The molecule has 0 fully saturated rings. The van der Waals surface area contributed by atoms with Gasteiger partial charge in [-0.1, -0.05) is 34.7 Å². The molecule has 4 aromatic rings. The van der Waals surface area contributed by atoms with Crippen molar-refractivity contribution in [2.24, 2.45) is 0 Å². The normalized spacial score (nSPS) is 10.7. The Hall–Kier alpha value is -4.41. The molecule has 4 rings (SSSR count). The van der Waals surface area contributed by atoms with E-state index in [0.717, 1.165) is 16.9 Å². The summed E-state index contributed by atoms with van der Waals surface area (Å²) < 4.78 is 8.18. The second-order valence-corrected chi connectivity index (χ2v) is 6.70. The summed E-state index contributed by atoms with van der Waals surface area (Å²) in [6.07, 6.45) is 3.06. The highest BCUT2D eigenvalue weighted by atomic mass is 16.6. The first-order valence-corrected chi connectivity index (χ1v) is 9.23. The predicted molar refractivity (Wildman–Crippen MR) is 108 cm³/mol. The molecule has 0 atom stereocenters. The van der Waals surface area contributed by atoms with Crippen molar-refractivity contribution < 1.29 is 14.5 Å². The molecule has 0 spiro atoms. The van der Waals surface area contributed by atoms with Crippen LogP contribution < -0.4 is 4.74 Å². The summed E-state index contributed by atoms with van der Waals surface area (Å²) in [5.41, 5.74) is 2.09. The second kappa shape index (κ2) is 8.53. The van der Waals surface area contributed by atoms with Crippen LogP contribution in [0.4, 0.5) is 5.69 Å². The second-order valence-electron chi connectivity index (χ2n) is 6.70. The monoisotopic (exact) mass is 419 g/mol. The van der Waals surface area contributed by atoms with Crippen LogP contribution in [-0.2, 0) is 13.1 Å². The molecule has 0 unspecified atom stereocenters. The number of hydrogen-bond acceptors (Lipinski definition) is 8. The number of hydrogen-bond donors (Lipinski definition) is 0. The Balaban J connectivity index is 1.42.